The van der Waals surface area contributed by atoms with Gasteiger partial charge in [-0.25, -0.2) is 4.79 Å². The van der Waals surface area contributed by atoms with Crippen LogP contribution in [0.25, 0.3) is 22.5 Å². The van der Waals surface area contributed by atoms with Crippen LogP contribution >= 0.6 is 0 Å². The minimum absolute atomic E-state index is 0.153. The van der Waals surface area contributed by atoms with Crippen LogP contribution in [0.4, 0.5) is 0 Å². The number of benzene rings is 2. The third kappa shape index (κ3) is 4.78. The first-order valence-electron chi connectivity index (χ1n) is 9.66. The van der Waals surface area contributed by atoms with Gasteiger partial charge in [0, 0.05) is 12.0 Å². The van der Waals surface area contributed by atoms with Crippen LogP contribution in [0.3, 0.4) is 0 Å². The van der Waals surface area contributed by atoms with E-state index >= 15 is 0 Å². The summed E-state index contributed by atoms with van der Waals surface area (Å²) in [6, 6.07) is 15.3. The van der Waals surface area contributed by atoms with Gasteiger partial charge in [0.1, 0.15) is 5.70 Å². The number of nitrogens with one attached hydrogen (secondary N) is 1. The summed E-state index contributed by atoms with van der Waals surface area (Å²) < 4.78 is 0. The van der Waals surface area contributed by atoms with E-state index in [0.29, 0.717) is 18.7 Å². The van der Waals surface area contributed by atoms with Crippen molar-refractivity contribution in [2.45, 2.75) is 32.7 Å². The summed E-state index contributed by atoms with van der Waals surface area (Å²) in [7, 11) is 0. The maximum atomic E-state index is 12.5. The Hall–Kier alpha value is -3.81. The Bertz CT molecular complexity index is 1030. The fraction of sp³-hybridized carbons (Fsp3) is 0.227. The Kier molecular flexibility index (Phi) is 6.69. The number of aromatic amines is 1. The molecule has 30 heavy (non-hydrogen) atoms. The van der Waals surface area contributed by atoms with E-state index in [1.807, 2.05) is 55.5 Å². The molecule has 0 aliphatic rings. The predicted octanol–water partition coefficient (Wildman–Crippen LogP) is 3.65. The summed E-state index contributed by atoms with van der Waals surface area (Å²) in [4.78, 5) is 25.1. The normalized spacial score (nSPS) is 10.6. The minimum Gasteiger partial charge on any atom is -0.477 e. The van der Waals surface area contributed by atoms with Crippen molar-refractivity contribution >= 4 is 11.9 Å². The van der Waals surface area contributed by atoms with Gasteiger partial charge in [-0.2, -0.15) is 5.21 Å². The SMILES string of the molecule is C=C(C(=O)O)N(Cc1ccc(-c2ccccc2-c2nn[nH]n2)cc1)C(=O)CCCC. The minimum atomic E-state index is -1.20. The molecule has 0 aliphatic heterocycles. The molecule has 0 unspecified atom stereocenters. The maximum absolute atomic E-state index is 12.5. The zero-order valence-electron chi connectivity index (χ0n) is 16.7. The van der Waals surface area contributed by atoms with Crippen molar-refractivity contribution < 1.29 is 14.7 Å². The molecule has 0 bridgehead atoms. The Morgan fingerprint density at radius 3 is 2.40 bits per heavy atom. The van der Waals surface area contributed by atoms with Crippen LogP contribution in [-0.2, 0) is 16.1 Å². The van der Waals surface area contributed by atoms with Crippen LogP contribution < -0.4 is 0 Å². The van der Waals surface area contributed by atoms with Gasteiger partial charge in [0.25, 0.3) is 0 Å². The number of aromatic nitrogens is 4. The van der Waals surface area contributed by atoms with Crippen LogP contribution in [0.5, 0.6) is 0 Å². The molecule has 8 nitrogen and oxygen atoms in total. The molecular formula is C22H23N5O3. The molecule has 2 N–H and O–H groups in total. The molecule has 3 aromatic rings. The van der Waals surface area contributed by atoms with Crippen LogP contribution in [-0.4, -0.2) is 42.5 Å². The number of carbonyl (C=O) groups is 2. The first-order chi connectivity index (χ1) is 14.5. The number of tetrazole rings is 1. The molecule has 154 valence electrons. The third-order valence-corrected chi connectivity index (χ3v) is 4.74. The van der Waals surface area contributed by atoms with Gasteiger partial charge in [-0.1, -0.05) is 68.5 Å². The molecular weight excluding hydrogens is 382 g/mol. The lowest BCUT2D eigenvalue weighted by molar-refractivity contribution is -0.140. The quantitative estimate of drug-likeness (QED) is 0.526. The van der Waals surface area contributed by atoms with Crippen molar-refractivity contribution in [2.75, 3.05) is 0 Å². The second-order valence-corrected chi connectivity index (χ2v) is 6.81. The van der Waals surface area contributed by atoms with E-state index in [1.165, 1.54) is 4.90 Å². The number of carbonyl (C=O) groups excluding carboxylic acids is 1. The van der Waals surface area contributed by atoms with Crippen molar-refractivity contribution in [1.82, 2.24) is 25.5 Å². The Labute approximate surface area is 174 Å². The standard InChI is InChI=1S/C22H23N5O3/c1-3-4-9-20(28)27(15(2)22(29)30)14-16-10-12-17(13-11-16)18-7-5-6-8-19(18)21-23-25-26-24-21/h5-8,10-13H,2-4,9,14H2,1H3,(H,29,30)(H,23,24,25,26). The van der Waals surface area contributed by atoms with Gasteiger partial charge in [-0.15, -0.1) is 10.2 Å². The van der Waals surface area contributed by atoms with Gasteiger partial charge in [0.2, 0.25) is 11.7 Å². The van der Waals surface area contributed by atoms with E-state index in [1.54, 1.807) is 0 Å². The molecule has 0 aliphatic carbocycles. The number of nitrogens with zero attached hydrogens (tertiary/aromatic N) is 4. The largest absolute Gasteiger partial charge is 0.477 e. The molecule has 0 saturated heterocycles. The number of rotatable bonds is 9. The van der Waals surface area contributed by atoms with Gasteiger partial charge >= 0.3 is 5.97 Å². The third-order valence-electron chi connectivity index (χ3n) is 4.74. The lowest BCUT2D eigenvalue weighted by atomic mass is 9.98. The summed E-state index contributed by atoms with van der Waals surface area (Å²) in [6.07, 6.45) is 1.85. The van der Waals surface area contributed by atoms with Crippen LogP contribution in [0.15, 0.2) is 60.8 Å². The Morgan fingerprint density at radius 2 is 1.80 bits per heavy atom. The highest BCUT2D eigenvalue weighted by Crippen LogP contribution is 2.30. The molecule has 0 spiro atoms. The van der Waals surface area contributed by atoms with Crippen LogP contribution in [0, 0.1) is 0 Å². The number of aliphatic carboxylic acids is 1. The summed E-state index contributed by atoms with van der Waals surface area (Å²) in [5.41, 5.74) is 3.32. The van der Waals surface area contributed by atoms with E-state index < -0.39 is 5.97 Å². The zero-order valence-corrected chi connectivity index (χ0v) is 16.7. The molecule has 3 rings (SSSR count). The molecule has 1 aromatic heterocycles. The van der Waals surface area contributed by atoms with Crippen LogP contribution in [0.2, 0.25) is 0 Å². The second kappa shape index (κ2) is 9.60. The monoisotopic (exact) mass is 405 g/mol. The second-order valence-electron chi connectivity index (χ2n) is 6.81. The van der Waals surface area contributed by atoms with E-state index in [2.05, 4.69) is 27.2 Å². The topological polar surface area (TPSA) is 112 Å². The molecule has 0 atom stereocenters. The van der Waals surface area contributed by atoms with E-state index in [4.69, 9.17) is 0 Å². The fourth-order valence-corrected chi connectivity index (χ4v) is 3.09. The average Bonchev–Trinajstić information content (AvgIpc) is 3.30. The zero-order chi connectivity index (χ0) is 21.5. The first-order valence-corrected chi connectivity index (χ1v) is 9.66. The summed E-state index contributed by atoms with van der Waals surface area (Å²) >= 11 is 0. The summed E-state index contributed by atoms with van der Waals surface area (Å²) in [5.74, 6) is -0.943. The van der Waals surface area contributed by atoms with Crippen LogP contribution in [0.1, 0.15) is 31.7 Å². The van der Waals surface area contributed by atoms with Crippen molar-refractivity contribution in [3.05, 3.63) is 66.4 Å². The lowest BCUT2D eigenvalue weighted by Gasteiger charge is -2.22. The Balaban J connectivity index is 1.84. The maximum Gasteiger partial charge on any atom is 0.351 e. The predicted molar refractivity (Wildman–Crippen MR) is 112 cm³/mol. The summed E-state index contributed by atoms with van der Waals surface area (Å²) in [5, 5.41) is 23.5. The summed E-state index contributed by atoms with van der Waals surface area (Å²) in [6.45, 7) is 5.70. The van der Waals surface area contributed by atoms with Gasteiger partial charge in [-0.3, -0.25) is 4.79 Å². The number of carboxylic acids is 1. The van der Waals surface area contributed by atoms with Gasteiger partial charge in [0.05, 0.1) is 6.54 Å². The fourth-order valence-electron chi connectivity index (χ4n) is 3.09. The molecule has 8 heteroatoms. The number of hydrogen-bond donors (Lipinski definition) is 2. The van der Waals surface area contributed by atoms with Gasteiger partial charge in [-0.05, 0) is 28.3 Å². The highest BCUT2D eigenvalue weighted by molar-refractivity contribution is 5.92. The van der Waals surface area contributed by atoms with E-state index in [0.717, 1.165) is 28.7 Å². The highest BCUT2D eigenvalue weighted by atomic mass is 16.4. The Morgan fingerprint density at radius 1 is 1.10 bits per heavy atom. The number of H-pyrrole nitrogens is 1. The van der Waals surface area contributed by atoms with Crippen molar-refractivity contribution in [2.24, 2.45) is 0 Å². The van der Waals surface area contributed by atoms with Gasteiger partial charge in [0.15, 0.2) is 0 Å². The molecule has 2 aromatic carbocycles. The van der Waals surface area contributed by atoms with Gasteiger partial charge < -0.3 is 10.0 Å². The first kappa shape index (κ1) is 20.9. The average molecular weight is 405 g/mol. The molecule has 1 heterocycles. The molecule has 1 amide bonds. The highest BCUT2D eigenvalue weighted by Gasteiger charge is 2.21. The number of amides is 1. The molecule has 0 saturated carbocycles. The van der Waals surface area contributed by atoms with E-state index in [9.17, 15) is 14.7 Å². The van der Waals surface area contributed by atoms with Crippen molar-refractivity contribution in [1.29, 1.82) is 0 Å². The molecule has 0 fully saturated rings. The molecule has 0 radical (unpaired) electrons. The van der Waals surface area contributed by atoms with Crippen molar-refractivity contribution in [3.63, 3.8) is 0 Å². The van der Waals surface area contributed by atoms with Crippen molar-refractivity contribution in [3.8, 4) is 22.5 Å². The smallest absolute Gasteiger partial charge is 0.351 e. The van der Waals surface area contributed by atoms with E-state index in [-0.39, 0.29) is 18.1 Å². The number of hydrogen-bond acceptors (Lipinski definition) is 5. The number of unbranched alkanes of at least 4 members (excludes halogenated alkanes) is 1. The lowest BCUT2D eigenvalue weighted by Crippen LogP contribution is -2.32. The number of carboxylic acid groups (broad SMARTS) is 1.